The van der Waals surface area contributed by atoms with Gasteiger partial charge in [-0.1, -0.05) is 60.7 Å². The molecule has 0 radical (unpaired) electrons. The number of amides is 1. The SMILES string of the molecule is O=C(C[NH+]1CCOCC1)N[C@@H](Cc1ccccc1)c1ccccc1. The second-order valence-corrected chi connectivity index (χ2v) is 6.26. The van der Waals surface area contributed by atoms with Gasteiger partial charge in [0, 0.05) is 0 Å². The Morgan fingerprint density at radius 2 is 1.62 bits per heavy atom. The van der Waals surface area contributed by atoms with E-state index in [1.165, 1.54) is 10.5 Å². The average Bonchev–Trinajstić information content (AvgIpc) is 2.63. The lowest BCUT2D eigenvalue weighted by Gasteiger charge is -2.25. The zero-order chi connectivity index (χ0) is 16.6. The summed E-state index contributed by atoms with van der Waals surface area (Å²) in [4.78, 5) is 13.8. The van der Waals surface area contributed by atoms with Crippen LogP contribution in [0.4, 0.5) is 0 Å². The number of morpholine rings is 1. The highest BCUT2D eigenvalue weighted by Crippen LogP contribution is 2.18. The van der Waals surface area contributed by atoms with E-state index in [0.717, 1.165) is 38.3 Å². The van der Waals surface area contributed by atoms with Crippen molar-refractivity contribution >= 4 is 5.91 Å². The molecule has 4 nitrogen and oxygen atoms in total. The van der Waals surface area contributed by atoms with Crippen LogP contribution in [0.25, 0.3) is 0 Å². The number of ether oxygens (including phenoxy) is 1. The smallest absolute Gasteiger partial charge is 0.275 e. The Balaban J connectivity index is 1.66. The van der Waals surface area contributed by atoms with Crippen LogP contribution in [0.15, 0.2) is 60.7 Å². The molecule has 2 aromatic carbocycles. The quantitative estimate of drug-likeness (QED) is 0.832. The number of rotatable bonds is 6. The van der Waals surface area contributed by atoms with Crippen LogP contribution in [0, 0.1) is 0 Å². The molecule has 0 spiro atoms. The van der Waals surface area contributed by atoms with E-state index in [1.54, 1.807) is 0 Å². The average molecular weight is 325 g/mol. The van der Waals surface area contributed by atoms with Crippen molar-refractivity contribution in [1.82, 2.24) is 5.32 Å². The first-order valence-electron chi connectivity index (χ1n) is 8.61. The van der Waals surface area contributed by atoms with Crippen LogP contribution in [-0.2, 0) is 16.0 Å². The van der Waals surface area contributed by atoms with Gasteiger partial charge in [0.25, 0.3) is 5.91 Å². The van der Waals surface area contributed by atoms with Gasteiger partial charge in [0.1, 0.15) is 13.1 Å². The van der Waals surface area contributed by atoms with Gasteiger partial charge >= 0.3 is 0 Å². The highest BCUT2D eigenvalue weighted by Gasteiger charge is 2.21. The molecule has 2 aromatic rings. The van der Waals surface area contributed by atoms with Crippen molar-refractivity contribution in [2.75, 3.05) is 32.8 Å². The lowest BCUT2D eigenvalue weighted by molar-refractivity contribution is -0.900. The molecule has 1 amide bonds. The largest absolute Gasteiger partial charge is 0.370 e. The molecule has 1 fully saturated rings. The Bertz CT molecular complexity index is 625. The predicted octanol–water partition coefficient (Wildman–Crippen LogP) is 1.00. The molecule has 126 valence electrons. The normalized spacial score (nSPS) is 16.5. The first kappa shape index (κ1) is 16.7. The molecule has 1 saturated heterocycles. The maximum absolute atomic E-state index is 12.5. The Morgan fingerprint density at radius 3 is 2.29 bits per heavy atom. The van der Waals surface area contributed by atoms with E-state index in [9.17, 15) is 4.79 Å². The number of carbonyl (C=O) groups is 1. The topological polar surface area (TPSA) is 42.8 Å². The van der Waals surface area contributed by atoms with Gasteiger partial charge in [0.05, 0.1) is 19.3 Å². The van der Waals surface area contributed by atoms with Gasteiger partial charge in [-0.2, -0.15) is 0 Å². The lowest BCUT2D eigenvalue weighted by Crippen LogP contribution is -3.15. The van der Waals surface area contributed by atoms with Gasteiger partial charge in [-0.3, -0.25) is 4.79 Å². The zero-order valence-corrected chi connectivity index (χ0v) is 13.9. The third-order valence-corrected chi connectivity index (χ3v) is 4.43. The summed E-state index contributed by atoms with van der Waals surface area (Å²) in [5.74, 6) is 0.108. The number of hydrogen-bond donors (Lipinski definition) is 2. The van der Waals surface area contributed by atoms with Gasteiger partial charge in [-0.25, -0.2) is 0 Å². The number of quaternary nitrogens is 1. The highest BCUT2D eigenvalue weighted by atomic mass is 16.5. The standard InChI is InChI=1S/C20H24N2O2/c23-20(16-22-11-13-24-14-12-22)21-19(18-9-5-2-6-10-18)15-17-7-3-1-4-8-17/h1-10,19H,11-16H2,(H,21,23)/p+1/t19-/m0/s1. The molecule has 4 heteroatoms. The van der Waals surface area contributed by atoms with Crippen LogP contribution in [0.5, 0.6) is 0 Å². The molecule has 1 aliphatic heterocycles. The lowest BCUT2D eigenvalue weighted by atomic mass is 9.99. The van der Waals surface area contributed by atoms with E-state index in [0.29, 0.717) is 6.54 Å². The fraction of sp³-hybridized carbons (Fsp3) is 0.350. The van der Waals surface area contributed by atoms with Crippen LogP contribution in [-0.4, -0.2) is 38.8 Å². The number of nitrogens with one attached hydrogen (secondary N) is 2. The first-order chi connectivity index (χ1) is 11.8. The Hall–Kier alpha value is -2.17. The van der Waals surface area contributed by atoms with Crippen molar-refractivity contribution in [2.45, 2.75) is 12.5 Å². The molecule has 3 rings (SSSR count). The third-order valence-electron chi connectivity index (χ3n) is 4.43. The molecular weight excluding hydrogens is 300 g/mol. The third kappa shape index (κ3) is 4.91. The molecule has 1 heterocycles. The molecule has 0 aromatic heterocycles. The Labute approximate surface area is 143 Å². The molecule has 0 saturated carbocycles. The summed E-state index contributed by atoms with van der Waals surface area (Å²) in [6.07, 6.45) is 0.801. The molecule has 0 bridgehead atoms. The van der Waals surface area contributed by atoms with Gasteiger partial charge in [-0.15, -0.1) is 0 Å². The molecule has 1 atom stereocenters. The first-order valence-corrected chi connectivity index (χ1v) is 8.61. The fourth-order valence-corrected chi connectivity index (χ4v) is 3.10. The van der Waals surface area contributed by atoms with E-state index >= 15 is 0 Å². The van der Waals surface area contributed by atoms with E-state index in [1.807, 2.05) is 36.4 Å². The summed E-state index contributed by atoms with van der Waals surface area (Å²) < 4.78 is 5.36. The van der Waals surface area contributed by atoms with E-state index in [-0.39, 0.29) is 11.9 Å². The summed E-state index contributed by atoms with van der Waals surface area (Å²) >= 11 is 0. The van der Waals surface area contributed by atoms with Gasteiger partial charge in [-0.05, 0) is 17.5 Å². The van der Waals surface area contributed by atoms with Gasteiger partial charge in [0.15, 0.2) is 6.54 Å². The van der Waals surface area contributed by atoms with Crippen molar-refractivity contribution < 1.29 is 14.4 Å². The van der Waals surface area contributed by atoms with Crippen molar-refractivity contribution in [1.29, 1.82) is 0 Å². The Morgan fingerprint density at radius 1 is 1.00 bits per heavy atom. The fourth-order valence-electron chi connectivity index (χ4n) is 3.10. The van der Waals surface area contributed by atoms with Crippen LogP contribution in [0.2, 0.25) is 0 Å². The summed E-state index contributed by atoms with van der Waals surface area (Å²) in [5.41, 5.74) is 2.37. The molecule has 1 aliphatic rings. The highest BCUT2D eigenvalue weighted by molar-refractivity contribution is 5.77. The number of carbonyl (C=O) groups excluding carboxylic acids is 1. The van der Waals surface area contributed by atoms with Crippen molar-refractivity contribution in [2.24, 2.45) is 0 Å². The van der Waals surface area contributed by atoms with Crippen LogP contribution in [0.3, 0.4) is 0 Å². The molecular formula is C20H25N2O2+. The molecule has 0 aliphatic carbocycles. The summed E-state index contributed by atoms with van der Waals surface area (Å²) in [6.45, 7) is 3.81. The van der Waals surface area contributed by atoms with Crippen LogP contribution < -0.4 is 10.2 Å². The minimum Gasteiger partial charge on any atom is -0.370 e. The zero-order valence-electron chi connectivity index (χ0n) is 13.9. The van der Waals surface area contributed by atoms with Crippen molar-refractivity contribution in [3.05, 3.63) is 71.8 Å². The van der Waals surface area contributed by atoms with E-state index < -0.39 is 0 Å². The summed E-state index contributed by atoms with van der Waals surface area (Å²) in [5, 5.41) is 3.23. The van der Waals surface area contributed by atoms with Crippen molar-refractivity contribution in [3.63, 3.8) is 0 Å². The van der Waals surface area contributed by atoms with Gasteiger partial charge < -0.3 is 15.0 Å². The Kier molecular flexibility index (Phi) is 5.99. The number of benzene rings is 2. The van der Waals surface area contributed by atoms with Crippen LogP contribution in [0.1, 0.15) is 17.2 Å². The second kappa shape index (κ2) is 8.62. The molecule has 2 N–H and O–H groups in total. The number of hydrogen-bond acceptors (Lipinski definition) is 2. The maximum Gasteiger partial charge on any atom is 0.275 e. The van der Waals surface area contributed by atoms with Crippen molar-refractivity contribution in [3.8, 4) is 0 Å². The maximum atomic E-state index is 12.5. The minimum absolute atomic E-state index is 0.00143. The molecule has 0 unspecified atom stereocenters. The van der Waals surface area contributed by atoms with E-state index in [4.69, 9.17) is 4.74 Å². The molecule has 24 heavy (non-hydrogen) atoms. The summed E-state index contributed by atoms with van der Waals surface area (Å²) in [6, 6.07) is 20.5. The minimum atomic E-state index is 0.00143. The van der Waals surface area contributed by atoms with Gasteiger partial charge in [0.2, 0.25) is 0 Å². The van der Waals surface area contributed by atoms with E-state index in [2.05, 4.69) is 29.6 Å². The summed E-state index contributed by atoms with van der Waals surface area (Å²) in [7, 11) is 0. The predicted molar refractivity (Wildman–Crippen MR) is 93.9 cm³/mol. The monoisotopic (exact) mass is 325 g/mol. The van der Waals surface area contributed by atoms with Crippen LogP contribution >= 0.6 is 0 Å². The second-order valence-electron chi connectivity index (χ2n) is 6.26.